The molecule has 2 unspecified atom stereocenters. The Labute approximate surface area is 119 Å². The summed E-state index contributed by atoms with van der Waals surface area (Å²) in [5.74, 6) is 0. The zero-order chi connectivity index (χ0) is 13.7. The predicted molar refractivity (Wildman–Crippen MR) is 80.6 cm³/mol. The van der Waals surface area contributed by atoms with Gasteiger partial charge in [-0.1, -0.05) is 12.8 Å². The zero-order valence-electron chi connectivity index (χ0n) is 13.1. The van der Waals surface area contributed by atoms with Crippen LogP contribution in [0.25, 0.3) is 0 Å². The Morgan fingerprint density at radius 2 is 1.63 bits per heavy atom. The van der Waals surface area contributed by atoms with Crippen LogP contribution in [0.15, 0.2) is 0 Å². The molecule has 2 fully saturated rings. The predicted octanol–water partition coefficient (Wildman–Crippen LogP) is 2.80. The third-order valence-corrected chi connectivity index (χ3v) is 4.22. The van der Waals surface area contributed by atoms with Gasteiger partial charge >= 0.3 is 0 Å². The molecule has 0 amide bonds. The van der Waals surface area contributed by atoms with Crippen LogP contribution in [0.5, 0.6) is 0 Å². The van der Waals surface area contributed by atoms with E-state index in [2.05, 4.69) is 31.0 Å². The summed E-state index contributed by atoms with van der Waals surface area (Å²) in [5.41, 5.74) is 0.201. The first-order valence-corrected chi connectivity index (χ1v) is 8.16. The standard InChI is InChI=1S/C16H32N2O/c1-16(2,3)17-12-14-8-9-15(19-14)13-18-10-6-4-5-7-11-18/h14-15,17H,4-13H2,1-3H3. The molecule has 3 nitrogen and oxygen atoms in total. The second-order valence-corrected chi connectivity index (χ2v) is 7.30. The molecule has 3 heteroatoms. The Morgan fingerprint density at radius 1 is 1.00 bits per heavy atom. The molecule has 2 atom stereocenters. The summed E-state index contributed by atoms with van der Waals surface area (Å²) in [5, 5.41) is 3.56. The van der Waals surface area contributed by atoms with Gasteiger partial charge in [-0.15, -0.1) is 0 Å². The molecule has 19 heavy (non-hydrogen) atoms. The normalized spacial score (nSPS) is 30.5. The topological polar surface area (TPSA) is 24.5 Å². The fourth-order valence-corrected chi connectivity index (χ4v) is 3.09. The van der Waals surface area contributed by atoms with Crippen LogP contribution in [0.3, 0.4) is 0 Å². The fourth-order valence-electron chi connectivity index (χ4n) is 3.09. The van der Waals surface area contributed by atoms with Crippen molar-refractivity contribution >= 4 is 0 Å². The quantitative estimate of drug-likeness (QED) is 0.848. The first-order chi connectivity index (χ1) is 9.03. The van der Waals surface area contributed by atoms with E-state index in [1.807, 2.05) is 0 Å². The molecular weight excluding hydrogens is 236 g/mol. The molecule has 0 aromatic carbocycles. The Bertz CT molecular complexity index is 254. The minimum atomic E-state index is 0.201. The summed E-state index contributed by atoms with van der Waals surface area (Å²) in [4.78, 5) is 2.62. The highest BCUT2D eigenvalue weighted by molar-refractivity contribution is 4.81. The molecular formula is C16H32N2O. The van der Waals surface area contributed by atoms with Crippen LogP contribution in [0.4, 0.5) is 0 Å². The molecule has 2 saturated heterocycles. The highest BCUT2D eigenvalue weighted by atomic mass is 16.5. The Morgan fingerprint density at radius 3 is 2.26 bits per heavy atom. The van der Waals surface area contributed by atoms with Gasteiger partial charge in [-0.05, 0) is 59.5 Å². The highest BCUT2D eigenvalue weighted by Gasteiger charge is 2.27. The van der Waals surface area contributed by atoms with Gasteiger partial charge < -0.3 is 15.0 Å². The van der Waals surface area contributed by atoms with Gasteiger partial charge in [0.25, 0.3) is 0 Å². The lowest BCUT2D eigenvalue weighted by Crippen LogP contribution is -2.41. The summed E-state index contributed by atoms with van der Waals surface area (Å²) in [7, 11) is 0. The molecule has 0 aromatic heterocycles. The van der Waals surface area contributed by atoms with E-state index in [0.717, 1.165) is 13.1 Å². The van der Waals surface area contributed by atoms with Crippen molar-refractivity contribution in [1.29, 1.82) is 0 Å². The van der Waals surface area contributed by atoms with Gasteiger partial charge in [-0.3, -0.25) is 0 Å². The van der Waals surface area contributed by atoms with E-state index < -0.39 is 0 Å². The van der Waals surface area contributed by atoms with Crippen LogP contribution in [0.1, 0.15) is 59.3 Å². The first kappa shape index (κ1) is 15.3. The maximum atomic E-state index is 6.20. The zero-order valence-corrected chi connectivity index (χ0v) is 13.1. The van der Waals surface area contributed by atoms with E-state index in [1.54, 1.807) is 0 Å². The van der Waals surface area contributed by atoms with Crippen molar-refractivity contribution in [3.63, 3.8) is 0 Å². The fraction of sp³-hybridized carbons (Fsp3) is 1.00. The van der Waals surface area contributed by atoms with E-state index in [4.69, 9.17) is 4.74 Å². The first-order valence-electron chi connectivity index (χ1n) is 8.16. The van der Waals surface area contributed by atoms with E-state index in [0.29, 0.717) is 12.2 Å². The van der Waals surface area contributed by atoms with Gasteiger partial charge in [0, 0.05) is 18.6 Å². The molecule has 0 aromatic rings. The van der Waals surface area contributed by atoms with Gasteiger partial charge in [0.2, 0.25) is 0 Å². The van der Waals surface area contributed by atoms with Gasteiger partial charge in [0.15, 0.2) is 0 Å². The molecule has 1 N–H and O–H groups in total. The van der Waals surface area contributed by atoms with Gasteiger partial charge in [-0.25, -0.2) is 0 Å². The van der Waals surface area contributed by atoms with Crippen molar-refractivity contribution in [2.45, 2.75) is 77.0 Å². The highest BCUT2D eigenvalue weighted by Crippen LogP contribution is 2.22. The second-order valence-electron chi connectivity index (χ2n) is 7.30. The number of nitrogens with zero attached hydrogens (tertiary/aromatic N) is 1. The molecule has 2 aliphatic heterocycles. The minimum absolute atomic E-state index is 0.201. The molecule has 0 saturated carbocycles. The summed E-state index contributed by atoms with van der Waals surface area (Å²) >= 11 is 0. The number of rotatable bonds is 4. The van der Waals surface area contributed by atoms with E-state index in [9.17, 15) is 0 Å². The summed E-state index contributed by atoms with van der Waals surface area (Å²) in [6.07, 6.45) is 8.96. The van der Waals surface area contributed by atoms with Crippen molar-refractivity contribution in [1.82, 2.24) is 10.2 Å². The Balaban J connectivity index is 1.66. The Hall–Kier alpha value is -0.120. The molecule has 0 radical (unpaired) electrons. The van der Waals surface area contributed by atoms with Gasteiger partial charge in [-0.2, -0.15) is 0 Å². The molecule has 2 aliphatic rings. The number of hydrogen-bond donors (Lipinski definition) is 1. The molecule has 0 bridgehead atoms. The van der Waals surface area contributed by atoms with Crippen molar-refractivity contribution in [2.75, 3.05) is 26.2 Å². The number of hydrogen-bond acceptors (Lipinski definition) is 3. The van der Waals surface area contributed by atoms with Gasteiger partial charge in [0.05, 0.1) is 12.2 Å². The maximum Gasteiger partial charge on any atom is 0.0707 e. The number of likely N-dealkylation sites (tertiary alicyclic amines) is 1. The van der Waals surface area contributed by atoms with Crippen LogP contribution in [-0.4, -0.2) is 48.8 Å². The molecule has 2 heterocycles. The van der Waals surface area contributed by atoms with Crippen LogP contribution in [0, 0.1) is 0 Å². The van der Waals surface area contributed by atoms with Crippen molar-refractivity contribution in [2.24, 2.45) is 0 Å². The maximum absolute atomic E-state index is 6.20. The number of nitrogens with one attached hydrogen (secondary N) is 1. The van der Waals surface area contributed by atoms with Crippen LogP contribution in [-0.2, 0) is 4.74 Å². The SMILES string of the molecule is CC(C)(C)NCC1CCC(CN2CCCCCC2)O1. The van der Waals surface area contributed by atoms with Crippen molar-refractivity contribution < 1.29 is 4.74 Å². The third-order valence-electron chi connectivity index (χ3n) is 4.22. The Kier molecular flexibility index (Phi) is 5.67. The molecule has 0 aliphatic carbocycles. The average Bonchev–Trinajstić information content (AvgIpc) is 2.61. The molecule has 2 rings (SSSR count). The van der Waals surface area contributed by atoms with Crippen LogP contribution in [0.2, 0.25) is 0 Å². The molecule has 112 valence electrons. The van der Waals surface area contributed by atoms with E-state index in [1.165, 1.54) is 51.6 Å². The van der Waals surface area contributed by atoms with Crippen molar-refractivity contribution in [3.8, 4) is 0 Å². The number of ether oxygens (including phenoxy) is 1. The van der Waals surface area contributed by atoms with Crippen molar-refractivity contribution in [3.05, 3.63) is 0 Å². The van der Waals surface area contributed by atoms with Crippen LogP contribution < -0.4 is 5.32 Å². The van der Waals surface area contributed by atoms with E-state index >= 15 is 0 Å². The lowest BCUT2D eigenvalue weighted by Gasteiger charge is -2.25. The summed E-state index contributed by atoms with van der Waals surface area (Å²) in [6, 6.07) is 0. The largest absolute Gasteiger partial charge is 0.372 e. The summed E-state index contributed by atoms with van der Waals surface area (Å²) < 4.78 is 6.20. The minimum Gasteiger partial charge on any atom is -0.372 e. The van der Waals surface area contributed by atoms with Crippen LogP contribution >= 0.6 is 0 Å². The average molecular weight is 268 g/mol. The van der Waals surface area contributed by atoms with Gasteiger partial charge in [0.1, 0.15) is 0 Å². The monoisotopic (exact) mass is 268 g/mol. The smallest absolute Gasteiger partial charge is 0.0707 e. The summed E-state index contributed by atoms with van der Waals surface area (Å²) in [6.45, 7) is 11.4. The molecule has 0 spiro atoms. The lowest BCUT2D eigenvalue weighted by molar-refractivity contribution is 0.0215. The third kappa shape index (κ3) is 5.80. The lowest BCUT2D eigenvalue weighted by atomic mass is 10.1. The van der Waals surface area contributed by atoms with E-state index in [-0.39, 0.29) is 5.54 Å². The second kappa shape index (κ2) is 7.05.